The minimum absolute atomic E-state index is 0.0470. The molecule has 18 heavy (non-hydrogen) atoms. The summed E-state index contributed by atoms with van der Waals surface area (Å²) in [7, 11) is 1.72. The normalized spacial score (nSPS) is 23.7. The van der Waals surface area contributed by atoms with Crippen molar-refractivity contribution in [3.8, 4) is 0 Å². The molecule has 1 fully saturated rings. The Morgan fingerprint density at radius 2 is 2.33 bits per heavy atom. The van der Waals surface area contributed by atoms with Crippen molar-refractivity contribution in [1.29, 1.82) is 0 Å². The molecule has 1 saturated heterocycles. The molecular weight excluding hydrogens is 234 g/mol. The van der Waals surface area contributed by atoms with Gasteiger partial charge in [-0.15, -0.1) is 0 Å². The summed E-state index contributed by atoms with van der Waals surface area (Å²) >= 11 is 0. The summed E-state index contributed by atoms with van der Waals surface area (Å²) in [6, 6.07) is 0. The molecule has 6 heteroatoms. The van der Waals surface area contributed by atoms with Crippen LogP contribution in [0, 0.1) is 5.41 Å². The lowest BCUT2D eigenvalue weighted by atomic mass is 9.84. The van der Waals surface area contributed by atoms with Gasteiger partial charge in [0, 0.05) is 20.2 Å². The summed E-state index contributed by atoms with van der Waals surface area (Å²) in [6.45, 7) is 4.84. The molecule has 1 amide bonds. The lowest BCUT2D eigenvalue weighted by molar-refractivity contribution is -0.138. The summed E-state index contributed by atoms with van der Waals surface area (Å²) in [5, 5.41) is 11.8. The Labute approximate surface area is 108 Å². The van der Waals surface area contributed by atoms with Gasteiger partial charge in [0.2, 0.25) is 5.91 Å². The van der Waals surface area contributed by atoms with Gasteiger partial charge >= 0.3 is 0 Å². The Bertz CT molecular complexity index is 327. The molecule has 0 aromatic heterocycles. The summed E-state index contributed by atoms with van der Waals surface area (Å²) < 4.78 is 5.50. The zero-order chi connectivity index (χ0) is 13.8. The predicted octanol–water partition coefficient (Wildman–Crippen LogP) is 0.787. The third-order valence-electron chi connectivity index (χ3n) is 3.70. The third kappa shape index (κ3) is 2.93. The second-order valence-electron chi connectivity index (χ2n) is 4.99. The molecule has 0 aromatic rings. The highest BCUT2D eigenvalue weighted by Crippen LogP contribution is 2.25. The maximum Gasteiger partial charge on any atom is 0.236 e. The van der Waals surface area contributed by atoms with Crippen LogP contribution in [0.3, 0.4) is 0 Å². The van der Waals surface area contributed by atoms with Crippen molar-refractivity contribution in [3.05, 3.63) is 0 Å². The van der Waals surface area contributed by atoms with Gasteiger partial charge in [-0.1, -0.05) is 12.1 Å². The molecule has 1 rings (SSSR count). The van der Waals surface area contributed by atoms with E-state index in [1.165, 1.54) is 0 Å². The topological polar surface area (TPSA) is 88.2 Å². The molecule has 0 bridgehead atoms. The molecule has 0 spiro atoms. The van der Waals surface area contributed by atoms with Gasteiger partial charge in [0.25, 0.3) is 0 Å². The van der Waals surface area contributed by atoms with Crippen molar-refractivity contribution in [2.24, 2.45) is 16.3 Å². The summed E-state index contributed by atoms with van der Waals surface area (Å²) in [5.74, 6) is -0.190. The molecule has 3 N–H and O–H groups in total. The van der Waals surface area contributed by atoms with Crippen molar-refractivity contribution in [2.45, 2.75) is 39.2 Å². The lowest BCUT2D eigenvalue weighted by Crippen LogP contribution is -2.49. The molecule has 1 heterocycles. The smallest absolute Gasteiger partial charge is 0.236 e. The molecule has 6 nitrogen and oxygen atoms in total. The third-order valence-corrected chi connectivity index (χ3v) is 3.70. The largest absolute Gasteiger partial charge is 0.409 e. The van der Waals surface area contributed by atoms with E-state index in [9.17, 15) is 4.79 Å². The first-order valence-corrected chi connectivity index (χ1v) is 6.30. The van der Waals surface area contributed by atoms with Crippen LogP contribution in [0.5, 0.6) is 0 Å². The van der Waals surface area contributed by atoms with Crippen LogP contribution in [0.2, 0.25) is 0 Å². The fourth-order valence-electron chi connectivity index (χ4n) is 2.15. The molecule has 2 atom stereocenters. The van der Waals surface area contributed by atoms with Gasteiger partial charge in [0.15, 0.2) is 5.84 Å². The van der Waals surface area contributed by atoms with E-state index in [2.05, 4.69) is 5.16 Å². The first-order valence-electron chi connectivity index (χ1n) is 6.30. The summed E-state index contributed by atoms with van der Waals surface area (Å²) in [6.07, 6.45) is 2.60. The minimum Gasteiger partial charge on any atom is -0.409 e. The first kappa shape index (κ1) is 14.8. The molecule has 1 aliphatic heterocycles. The van der Waals surface area contributed by atoms with Crippen molar-refractivity contribution >= 4 is 11.7 Å². The molecular formula is C12H23N3O3. The SMILES string of the molecule is CCC(C)(C(=O)N(C)CC1CCCO1)C(N)=NO. The summed E-state index contributed by atoms with van der Waals surface area (Å²) in [4.78, 5) is 14.0. The van der Waals surface area contributed by atoms with Crippen LogP contribution in [0.15, 0.2) is 5.16 Å². The van der Waals surface area contributed by atoms with Gasteiger partial charge in [0.1, 0.15) is 5.41 Å². The number of likely N-dealkylation sites (N-methyl/N-ethyl adjacent to an activating group) is 1. The van der Waals surface area contributed by atoms with Gasteiger partial charge in [-0.25, -0.2) is 0 Å². The average molecular weight is 257 g/mol. The molecule has 2 unspecified atom stereocenters. The molecule has 0 radical (unpaired) electrons. The number of carbonyl (C=O) groups is 1. The van der Waals surface area contributed by atoms with E-state index in [0.717, 1.165) is 19.4 Å². The number of carbonyl (C=O) groups excluding carboxylic acids is 1. The number of amidine groups is 1. The van der Waals surface area contributed by atoms with Crippen LogP contribution in [0.4, 0.5) is 0 Å². The molecule has 0 aliphatic carbocycles. The van der Waals surface area contributed by atoms with Gasteiger partial charge in [-0.05, 0) is 26.2 Å². The standard InChI is InChI=1S/C12H23N3O3/c1-4-12(2,10(13)14-17)11(16)15(3)8-9-6-5-7-18-9/h9,17H,4-8H2,1-3H3,(H2,13,14). The average Bonchev–Trinajstić information content (AvgIpc) is 2.88. The van der Waals surface area contributed by atoms with E-state index in [0.29, 0.717) is 13.0 Å². The Morgan fingerprint density at radius 3 is 2.78 bits per heavy atom. The second kappa shape index (κ2) is 6.04. The Morgan fingerprint density at radius 1 is 1.67 bits per heavy atom. The van der Waals surface area contributed by atoms with Crippen molar-refractivity contribution in [3.63, 3.8) is 0 Å². The van der Waals surface area contributed by atoms with Gasteiger partial charge in [-0.2, -0.15) is 0 Å². The maximum absolute atomic E-state index is 12.4. The van der Waals surface area contributed by atoms with Crippen LogP contribution in [-0.2, 0) is 9.53 Å². The van der Waals surface area contributed by atoms with Gasteiger partial charge < -0.3 is 20.6 Å². The minimum atomic E-state index is -0.956. The highest BCUT2D eigenvalue weighted by Gasteiger charge is 2.39. The summed E-state index contributed by atoms with van der Waals surface area (Å²) in [5.41, 5.74) is 4.67. The number of rotatable bonds is 5. The second-order valence-corrected chi connectivity index (χ2v) is 4.99. The quantitative estimate of drug-likeness (QED) is 0.330. The van der Waals surface area contributed by atoms with E-state index in [4.69, 9.17) is 15.7 Å². The number of hydrogen-bond acceptors (Lipinski definition) is 4. The van der Waals surface area contributed by atoms with Crippen molar-refractivity contribution in [1.82, 2.24) is 4.90 Å². The van der Waals surface area contributed by atoms with Crippen LogP contribution < -0.4 is 5.73 Å². The van der Waals surface area contributed by atoms with Crippen molar-refractivity contribution in [2.75, 3.05) is 20.2 Å². The fraction of sp³-hybridized carbons (Fsp3) is 0.833. The maximum atomic E-state index is 12.4. The highest BCUT2D eigenvalue weighted by molar-refractivity contribution is 6.06. The van der Waals surface area contributed by atoms with Gasteiger partial charge in [0.05, 0.1) is 6.10 Å². The monoisotopic (exact) mass is 257 g/mol. The number of nitrogens with zero attached hydrogens (tertiary/aromatic N) is 2. The predicted molar refractivity (Wildman–Crippen MR) is 68.4 cm³/mol. The van der Waals surface area contributed by atoms with E-state index < -0.39 is 5.41 Å². The Balaban J connectivity index is 2.70. The van der Waals surface area contributed by atoms with Crippen LogP contribution >= 0.6 is 0 Å². The van der Waals surface area contributed by atoms with Crippen molar-refractivity contribution < 1.29 is 14.7 Å². The molecule has 0 aromatic carbocycles. The van der Waals surface area contributed by atoms with Gasteiger partial charge in [-0.3, -0.25) is 4.79 Å². The number of ether oxygens (including phenoxy) is 1. The van der Waals surface area contributed by atoms with E-state index >= 15 is 0 Å². The molecule has 104 valence electrons. The zero-order valence-electron chi connectivity index (χ0n) is 11.3. The Hall–Kier alpha value is -1.30. The van der Waals surface area contributed by atoms with E-state index in [1.807, 2.05) is 6.92 Å². The van der Waals surface area contributed by atoms with Crippen LogP contribution in [0.25, 0.3) is 0 Å². The van der Waals surface area contributed by atoms with Crippen LogP contribution in [0.1, 0.15) is 33.1 Å². The Kier molecular flexibility index (Phi) is 4.95. The lowest BCUT2D eigenvalue weighted by Gasteiger charge is -2.31. The van der Waals surface area contributed by atoms with E-state index in [1.54, 1.807) is 18.9 Å². The molecule has 0 saturated carbocycles. The first-order chi connectivity index (χ1) is 8.45. The number of hydrogen-bond donors (Lipinski definition) is 2. The molecule has 1 aliphatic rings. The number of amides is 1. The number of oxime groups is 1. The highest BCUT2D eigenvalue weighted by atomic mass is 16.5. The van der Waals surface area contributed by atoms with Crippen LogP contribution in [-0.4, -0.2) is 48.2 Å². The van der Waals surface area contributed by atoms with E-state index in [-0.39, 0.29) is 17.8 Å². The number of nitrogens with two attached hydrogens (primary N) is 1. The zero-order valence-corrected chi connectivity index (χ0v) is 11.3. The fourth-order valence-corrected chi connectivity index (χ4v) is 2.15.